The Balaban J connectivity index is 0.00000180. The Morgan fingerprint density at radius 1 is 1.37 bits per heavy atom. The van der Waals surface area contributed by atoms with Crippen LogP contribution in [-0.2, 0) is 6.42 Å². The summed E-state index contributed by atoms with van der Waals surface area (Å²) in [7, 11) is 5.93. The Morgan fingerprint density at radius 2 is 2.05 bits per heavy atom. The van der Waals surface area contributed by atoms with Crippen LogP contribution in [0.1, 0.15) is 29.3 Å². The molecule has 1 unspecified atom stereocenters. The van der Waals surface area contributed by atoms with E-state index < -0.39 is 0 Å². The van der Waals surface area contributed by atoms with Crippen LogP contribution >= 0.6 is 0 Å². The van der Waals surface area contributed by atoms with Gasteiger partial charge in [0.1, 0.15) is 5.75 Å². The molecule has 1 aliphatic rings. The zero-order valence-electron chi connectivity index (χ0n) is 12.1. The first-order valence-electron chi connectivity index (χ1n) is 6.53. The molecule has 0 amide bonds. The number of quaternary nitrogens is 1. The Hall–Kier alpha value is -0.620. The van der Waals surface area contributed by atoms with Gasteiger partial charge in [-0.25, -0.2) is 0 Å². The molecule has 1 aromatic rings. The summed E-state index contributed by atoms with van der Waals surface area (Å²) >= 11 is 0. The van der Waals surface area contributed by atoms with Crippen LogP contribution in [0.5, 0.6) is 5.75 Å². The number of hydrogen-bond acceptors (Lipinski definition) is 2. The number of aryl methyl sites for hydroxylation is 1. The molecule has 0 radical (unpaired) electrons. The van der Waals surface area contributed by atoms with Crippen LogP contribution in [0, 0.1) is 0 Å². The van der Waals surface area contributed by atoms with E-state index in [1.165, 1.54) is 0 Å². The summed E-state index contributed by atoms with van der Waals surface area (Å²) in [6, 6.07) is 5.88. The maximum Gasteiger partial charge on any atom is 0.220 e. The molecule has 4 heteroatoms. The Morgan fingerprint density at radius 3 is 2.63 bits per heavy atom. The van der Waals surface area contributed by atoms with Crippen LogP contribution < -0.4 is 28.7 Å². The topological polar surface area (TPSA) is 26.3 Å². The molecule has 0 aromatic heterocycles. The van der Waals surface area contributed by atoms with Gasteiger partial charge in [0.2, 0.25) is 5.78 Å². The monoisotopic (exact) mass is 375 g/mol. The van der Waals surface area contributed by atoms with Crippen molar-refractivity contribution >= 4 is 5.78 Å². The summed E-state index contributed by atoms with van der Waals surface area (Å²) in [5.74, 6) is 1.12. The molecule has 19 heavy (non-hydrogen) atoms. The van der Waals surface area contributed by atoms with E-state index in [0.29, 0.717) is 0 Å². The van der Waals surface area contributed by atoms with Gasteiger partial charge in [-0.05, 0) is 37.1 Å². The highest BCUT2D eigenvalue weighted by molar-refractivity contribution is 6.01. The van der Waals surface area contributed by atoms with Crippen molar-refractivity contribution in [2.45, 2.75) is 25.8 Å². The number of hydrogen-bond donors (Lipinski definition) is 0. The lowest BCUT2D eigenvalue weighted by molar-refractivity contribution is -0.904. The molecule has 0 bridgehead atoms. The highest BCUT2D eigenvalue weighted by Gasteiger charge is 2.38. The highest BCUT2D eigenvalue weighted by atomic mass is 127. The van der Waals surface area contributed by atoms with Gasteiger partial charge in [-0.1, -0.05) is 0 Å². The number of methoxy groups -OCH3 is 1. The summed E-state index contributed by atoms with van der Waals surface area (Å²) < 4.78 is 5.98. The average molecular weight is 375 g/mol. The van der Waals surface area contributed by atoms with Crippen LogP contribution in [0.25, 0.3) is 0 Å². The number of halogens is 1. The lowest BCUT2D eigenvalue weighted by Gasteiger charge is -2.38. The molecule has 0 saturated heterocycles. The first-order chi connectivity index (χ1) is 8.49. The number of benzene rings is 1. The van der Waals surface area contributed by atoms with Gasteiger partial charge >= 0.3 is 0 Å². The lowest BCUT2D eigenvalue weighted by atomic mass is 9.85. The fraction of sp³-hybridized carbons (Fsp3) is 0.533. The molecule has 106 valence electrons. The second-order valence-electron chi connectivity index (χ2n) is 5.54. The van der Waals surface area contributed by atoms with Crippen molar-refractivity contribution in [3.8, 4) is 5.75 Å². The number of ketones is 1. The van der Waals surface area contributed by atoms with Gasteiger partial charge in [0, 0.05) is 12.0 Å². The summed E-state index contributed by atoms with van der Waals surface area (Å²) in [5, 5.41) is 0. The SMILES string of the molecule is CC[N+](C)(C)C1CCc2cc(OC)ccc2C1=O.[I-]. The van der Waals surface area contributed by atoms with Crippen molar-refractivity contribution in [1.82, 2.24) is 0 Å². The number of fused-ring (bicyclic) bond motifs is 1. The summed E-state index contributed by atoms with van der Waals surface area (Å²) in [6.07, 6.45) is 1.89. The van der Waals surface area contributed by atoms with Gasteiger partial charge < -0.3 is 33.2 Å². The Kier molecular flexibility index (Phi) is 5.38. The van der Waals surface area contributed by atoms with E-state index in [4.69, 9.17) is 4.74 Å². The van der Waals surface area contributed by atoms with E-state index in [2.05, 4.69) is 21.0 Å². The van der Waals surface area contributed by atoms with E-state index >= 15 is 0 Å². The van der Waals surface area contributed by atoms with Crippen molar-refractivity contribution in [3.05, 3.63) is 29.3 Å². The average Bonchev–Trinajstić information content (AvgIpc) is 2.38. The third kappa shape index (κ3) is 3.11. The van der Waals surface area contributed by atoms with Gasteiger partial charge in [-0.2, -0.15) is 0 Å². The van der Waals surface area contributed by atoms with Crippen molar-refractivity contribution in [2.24, 2.45) is 0 Å². The van der Waals surface area contributed by atoms with Crippen molar-refractivity contribution in [2.75, 3.05) is 27.7 Å². The molecule has 0 heterocycles. The molecule has 0 spiro atoms. The number of nitrogens with zero attached hydrogens (tertiary/aromatic N) is 1. The first-order valence-corrected chi connectivity index (χ1v) is 6.53. The fourth-order valence-corrected chi connectivity index (χ4v) is 2.63. The normalized spacial score (nSPS) is 18.5. The molecule has 0 aliphatic heterocycles. The van der Waals surface area contributed by atoms with Crippen LogP contribution in [0.15, 0.2) is 18.2 Å². The van der Waals surface area contributed by atoms with Gasteiger partial charge in [-0.15, -0.1) is 0 Å². The number of rotatable bonds is 3. The van der Waals surface area contributed by atoms with Crippen molar-refractivity contribution in [3.63, 3.8) is 0 Å². The van der Waals surface area contributed by atoms with Crippen LogP contribution in [0.3, 0.4) is 0 Å². The molecule has 3 nitrogen and oxygen atoms in total. The Bertz CT molecular complexity index is 471. The fourth-order valence-electron chi connectivity index (χ4n) is 2.63. The van der Waals surface area contributed by atoms with E-state index in [0.717, 1.165) is 40.7 Å². The van der Waals surface area contributed by atoms with E-state index in [9.17, 15) is 4.79 Å². The van der Waals surface area contributed by atoms with Crippen molar-refractivity contribution < 1.29 is 38.0 Å². The minimum Gasteiger partial charge on any atom is -1.00 e. The predicted molar refractivity (Wildman–Crippen MR) is 72.1 cm³/mol. The number of carbonyl (C=O) groups excluding carboxylic acids is 1. The van der Waals surface area contributed by atoms with E-state index in [1.807, 2.05) is 18.2 Å². The molecule has 2 rings (SSSR count). The van der Waals surface area contributed by atoms with Gasteiger partial charge in [0.15, 0.2) is 6.04 Å². The van der Waals surface area contributed by atoms with E-state index in [-0.39, 0.29) is 35.8 Å². The Labute approximate surface area is 132 Å². The maximum atomic E-state index is 12.6. The molecular formula is C15H22INO2. The van der Waals surface area contributed by atoms with Crippen LogP contribution in [-0.4, -0.2) is 44.1 Å². The predicted octanol–water partition coefficient (Wildman–Crippen LogP) is -0.707. The summed E-state index contributed by atoms with van der Waals surface area (Å²) in [6.45, 7) is 3.11. The molecule has 1 aliphatic carbocycles. The quantitative estimate of drug-likeness (QED) is 0.516. The molecule has 0 N–H and O–H groups in total. The smallest absolute Gasteiger partial charge is 0.220 e. The second kappa shape index (κ2) is 6.22. The molecule has 1 atom stereocenters. The summed E-state index contributed by atoms with van der Waals surface area (Å²) in [4.78, 5) is 12.6. The number of Topliss-reactive ketones (excluding diaryl/α,β-unsaturated/α-hetero) is 1. The van der Waals surface area contributed by atoms with Gasteiger partial charge in [0.05, 0.1) is 27.7 Å². The minimum absolute atomic E-state index is 0. The maximum absolute atomic E-state index is 12.6. The standard InChI is InChI=1S/C15H22NO2.HI/c1-5-16(2,3)14-9-6-11-10-12(18-4)7-8-13(11)15(14)17;/h7-8,10,14H,5-6,9H2,1-4H3;1H/q+1;/p-1. The molecule has 0 saturated carbocycles. The van der Waals surface area contributed by atoms with Crippen LogP contribution in [0.2, 0.25) is 0 Å². The largest absolute Gasteiger partial charge is 1.00 e. The third-order valence-corrected chi connectivity index (χ3v) is 4.23. The molecular weight excluding hydrogens is 353 g/mol. The number of carbonyl (C=O) groups is 1. The molecule has 0 fully saturated rings. The van der Waals surface area contributed by atoms with E-state index in [1.54, 1.807) is 7.11 Å². The van der Waals surface area contributed by atoms with Crippen LogP contribution in [0.4, 0.5) is 0 Å². The van der Waals surface area contributed by atoms with Gasteiger partial charge in [0.25, 0.3) is 0 Å². The second-order valence-corrected chi connectivity index (χ2v) is 5.54. The minimum atomic E-state index is 0. The third-order valence-electron chi connectivity index (χ3n) is 4.23. The number of likely N-dealkylation sites (N-methyl/N-ethyl adjacent to an activating group) is 1. The zero-order chi connectivity index (χ0) is 13.3. The highest BCUT2D eigenvalue weighted by Crippen LogP contribution is 2.29. The first kappa shape index (κ1) is 16.4. The molecule has 1 aromatic carbocycles. The zero-order valence-corrected chi connectivity index (χ0v) is 14.2. The number of ether oxygens (including phenoxy) is 1. The van der Waals surface area contributed by atoms with Crippen molar-refractivity contribution in [1.29, 1.82) is 0 Å². The summed E-state index contributed by atoms with van der Waals surface area (Å²) in [5.41, 5.74) is 2.01. The lowest BCUT2D eigenvalue weighted by Crippen LogP contribution is -3.00. The van der Waals surface area contributed by atoms with Gasteiger partial charge in [-0.3, -0.25) is 4.79 Å².